The average molecular weight is 570 g/mol. The third-order valence-electron chi connectivity index (χ3n) is 6.33. The zero-order chi connectivity index (χ0) is 29.8. The van der Waals surface area contributed by atoms with Crippen LogP contribution in [0.1, 0.15) is 36.1 Å². The molecule has 216 valence electrons. The van der Waals surface area contributed by atoms with Gasteiger partial charge < -0.3 is 20.6 Å². The SMILES string of the molecule is CC(C)[C@H]1C(=O)N[C@H](CO)Cc2cc(NC(=O)/C=C\C=C\c3cc(C(F)(F)F)cc(C(F)(F)F)c3)ccc2N1C. The largest absolute Gasteiger partial charge is 0.416 e. The summed E-state index contributed by atoms with van der Waals surface area (Å²) in [5.41, 5.74) is -1.24. The molecule has 1 aliphatic heterocycles. The number of benzene rings is 2. The number of aliphatic hydroxyl groups excluding tert-OH is 1. The van der Waals surface area contributed by atoms with Gasteiger partial charge in [0.05, 0.1) is 23.8 Å². The molecule has 0 radical (unpaired) electrons. The molecule has 1 aliphatic rings. The third kappa shape index (κ3) is 7.65. The summed E-state index contributed by atoms with van der Waals surface area (Å²) in [7, 11) is 1.79. The van der Waals surface area contributed by atoms with Gasteiger partial charge >= 0.3 is 12.4 Å². The molecule has 0 spiro atoms. The van der Waals surface area contributed by atoms with Gasteiger partial charge in [0.25, 0.3) is 0 Å². The number of amides is 2. The van der Waals surface area contributed by atoms with E-state index in [0.717, 1.165) is 29.5 Å². The van der Waals surface area contributed by atoms with E-state index in [4.69, 9.17) is 0 Å². The number of carbonyl (C=O) groups is 2. The molecular weight excluding hydrogens is 540 g/mol. The average Bonchev–Trinajstić information content (AvgIpc) is 2.84. The molecule has 3 rings (SSSR count). The number of nitrogens with one attached hydrogen (secondary N) is 2. The number of allylic oxidation sites excluding steroid dienone is 2. The fourth-order valence-electron chi connectivity index (χ4n) is 4.53. The summed E-state index contributed by atoms with van der Waals surface area (Å²) >= 11 is 0. The molecule has 0 bridgehead atoms. The Morgan fingerprint density at radius 1 is 1.07 bits per heavy atom. The maximum absolute atomic E-state index is 13.0. The quantitative estimate of drug-likeness (QED) is 0.246. The Morgan fingerprint density at radius 2 is 1.70 bits per heavy atom. The van der Waals surface area contributed by atoms with Crippen molar-refractivity contribution in [2.24, 2.45) is 5.92 Å². The van der Waals surface area contributed by atoms with Crippen LogP contribution in [-0.2, 0) is 28.4 Å². The Morgan fingerprint density at radius 3 is 2.25 bits per heavy atom. The molecule has 12 heteroatoms. The van der Waals surface area contributed by atoms with E-state index in [1.165, 1.54) is 6.08 Å². The second-order valence-corrected chi connectivity index (χ2v) is 9.78. The second kappa shape index (κ2) is 12.2. The first-order chi connectivity index (χ1) is 18.6. The fraction of sp³-hybridized carbons (Fsp3) is 0.357. The molecule has 2 aromatic rings. The van der Waals surface area contributed by atoms with Gasteiger partial charge in [-0.25, -0.2) is 0 Å². The molecule has 0 fully saturated rings. The predicted molar refractivity (Wildman–Crippen MR) is 139 cm³/mol. The van der Waals surface area contributed by atoms with Crippen molar-refractivity contribution in [3.63, 3.8) is 0 Å². The maximum atomic E-state index is 13.0. The molecule has 2 atom stereocenters. The molecule has 0 aliphatic carbocycles. The lowest BCUT2D eigenvalue weighted by Crippen LogP contribution is -2.54. The molecule has 0 unspecified atom stereocenters. The number of fused-ring (bicyclic) bond motifs is 1. The van der Waals surface area contributed by atoms with E-state index in [0.29, 0.717) is 24.2 Å². The zero-order valence-electron chi connectivity index (χ0n) is 21.9. The van der Waals surface area contributed by atoms with Crippen LogP contribution in [0.3, 0.4) is 0 Å². The van der Waals surface area contributed by atoms with Crippen molar-refractivity contribution >= 4 is 29.3 Å². The van der Waals surface area contributed by atoms with Crippen molar-refractivity contribution in [2.75, 3.05) is 23.9 Å². The predicted octanol–water partition coefficient (Wildman–Crippen LogP) is 5.43. The number of rotatable bonds is 6. The molecule has 1 heterocycles. The number of carbonyl (C=O) groups excluding carboxylic acids is 2. The van der Waals surface area contributed by atoms with Crippen LogP contribution in [0.4, 0.5) is 37.7 Å². The van der Waals surface area contributed by atoms with Gasteiger partial charge in [0.15, 0.2) is 0 Å². The zero-order valence-corrected chi connectivity index (χ0v) is 21.9. The Bertz CT molecular complexity index is 1270. The summed E-state index contributed by atoms with van der Waals surface area (Å²) in [5.74, 6) is -0.808. The molecule has 0 saturated heterocycles. The highest BCUT2D eigenvalue weighted by molar-refractivity contribution is 5.99. The minimum atomic E-state index is -4.96. The van der Waals surface area contributed by atoms with Crippen LogP contribution in [0.5, 0.6) is 0 Å². The number of aliphatic hydroxyl groups is 1. The van der Waals surface area contributed by atoms with Gasteiger partial charge in [-0.15, -0.1) is 0 Å². The summed E-state index contributed by atoms with van der Waals surface area (Å²) in [5, 5.41) is 15.2. The van der Waals surface area contributed by atoms with E-state index in [1.54, 1.807) is 25.2 Å². The minimum absolute atomic E-state index is 0.0242. The Labute approximate surface area is 227 Å². The highest BCUT2D eigenvalue weighted by Crippen LogP contribution is 2.36. The monoisotopic (exact) mass is 569 g/mol. The van der Waals surface area contributed by atoms with E-state index >= 15 is 0 Å². The van der Waals surface area contributed by atoms with Gasteiger partial charge in [-0.3, -0.25) is 9.59 Å². The van der Waals surface area contributed by atoms with Crippen molar-refractivity contribution in [2.45, 2.75) is 44.7 Å². The van der Waals surface area contributed by atoms with Gasteiger partial charge in [0, 0.05) is 24.5 Å². The van der Waals surface area contributed by atoms with E-state index < -0.39 is 41.5 Å². The molecule has 0 saturated carbocycles. The van der Waals surface area contributed by atoms with E-state index in [9.17, 15) is 41.0 Å². The van der Waals surface area contributed by atoms with Crippen molar-refractivity contribution < 1.29 is 41.0 Å². The van der Waals surface area contributed by atoms with Crippen LogP contribution < -0.4 is 15.5 Å². The normalized spacial score (nSPS) is 18.6. The van der Waals surface area contributed by atoms with Gasteiger partial charge in [-0.2, -0.15) is 26.3 Å². The Kier molecular flexibility index (Phi) is 9.34. The van der Waals surface area contributed by atoms with Crippen molar-refractivity contribution in [3.8, 4) is 0 Å². The van der Waals surface area contributed by atoms with Crippen LogP contribution in [0.25, 0.3) is 6.08 Å². The van der Waals surface area contributed by atoms with Crippen LogP contribution >= 0.6 is 0 Å². The summed E-state index contributed by atoms with van der Waals surface area (Å²) in [6.45, 7) is 3.54. The molecular formula is C28H29F6N3O3. The van der Waals surface area contributed by atoms with Crippen LogP contribution in [-0.4, -0.2) is 42.7 Å². The smallest absolute Gasteiger partial charge is 0.394 e. The van der Waals surface area contributed by atoms with E-state index in [2.05, 4.69) is 10.6 Å². The maximum Gasteiger partial charge on any atom is 0.416 e. The Balaban J connectivity index is 1.77. The lowest BCUT2D eigenvalue weighted by Gasteiger charge is -2.37. The molecule has 3 N–H and O–H groups in total. The van der Waals surface area contributed by atoms with Crippen LogP contribution in [0, 0.1) is 5.92 Å². The molecule has 40 heavy (non-hydrogen) atoms. The number of halogens is 6. The number of alkyl halides is 6. The molecule has 2 aromatic carbocycles. The third-order valence-corrected chi connectivity index (χ3v) is 6.33. The highest BCUT2D eigenvalue weighted by atomic mass is 19.4. The van der Waals surface area contributed by atoms with Crippen molar-refractivity contribution in [1.29, 1.82) is 0 Å². The lowest BCUT2D eigenvalue weighted by atomic mass is 9.95. The standard InChI is InChI=1S/C28H29F6N3O3/c1-16(2)25-26(40)36-22(15-38)13-18-12-21(8-9-23(18)37(25)3)35-24(39)7-5-4-6-17-10-19(27(29,30)31)14-20(11-17)28(32,33)34/h4-12,14,16,22,25,38H,13,15H2,1-3H3,(H,35,39)(H,36,40)/b6-4+,7-5-/t22-,25-/m0/s1. The molecule has 0 aromatic heterocycles. The number of anilines is 2. The van der Waals surface area contributed by atoms with Crippen LogP contribution in [0.15, 0.2) is 54.6 Å². The van der Waals surface area contributed by atoms with Crippen LogP contribution in [0.2, 0.25) is 0 Å². The molecule has 6 nitrogen and oxygen atoms in total. The summed E-state index contributed by atoms with van der Waals surface area (Å²) in [6, 6.07) is 5.32. The second-order valence-electron chi connectivity index (χ2n) is 9.78. The van der Waals surface area contributed by atoms with E-state index in [1.807, 2.05) is 18.7 Å². The minimum Gasteiger partial charge on any atom is -0.394 e. The lowest BCUT2D eigenvalue weighted by molar-refractivity contribution is -0.143. The van der Waals surface area contributed by atoms with Gasteiger partial charge in [-0.1, -0.05) is 32.1 Å². The first-order valence-electron chi connectivity index (χ1n) is 12.3. The first kappa shape index (κ1) is 30.7. The first-order valence-corrected chi connectivity index (χ1v) is 12.3. The number of nitrogens with zero attached hydrogens (tertiary/aromatic N) is 1. The van der Waals surface area contributed by atoms with Crippen molar-refractivity contribution in [1.82, 2.24) is 5.32 Å². The Hall–Kier alpha value is -3.80. The van der Waals surface area contributed by atoms with Crippen molar-refractivity contribution in [3.05, 3.63) is 76.9 Å². The van der Waals surface area contributed by atoms with E-state index in [-0.39, 0.29) is 30.1 Å². The summed E-state index contributed by atoms with van der Waals surface area (Å²) in [4.78, 5) is 27.0. The highest BCUT2D eigenvalue weighted by Gasteiger charge is 2.37. The number of hydrogen-bond donors (Lipinski definition) is 3. The summed E-state index contributed by atoms with van der Waals surface area (Å²) in [6.07, 6.45) is -5.15. The molecule has 2 amide bonds. The van der Waals surface area contributed by atoms with Gasteiger partial charge in [-0.05, 0) is 59.9 Å². The number of likely N-dealkylation sites (N-methyl/N-ethyl adjacent to an activating group) is 1. The van der Waals surface area contributed by atoms with Gasteiger partial charge in [0.2, 0.25) is 11.8 Å². The van der Waals surface area contributed by atoms with Gasteiger partial charge in [0.1, 0.15) is 6.04 Å². The topological polar surface area (TPSA) is 81.7 Å². The summed E-state index contributed by atoms with van der Waals surface area (Å²) < 4.78 is 78.2. The number of hydrogen-bond acceptors (Lipinski definition) is 4. The fourth-order valence-corrected chi connectivity index (χ4v) is 4.53.